The summed E-state index contributed by atoms with van der Waals surface area (Å²) in [6.07, 6.45) is 1.87. The monoisotopic (exact) mass is 307 g/mol. The summed E-state index contributed by atoms with van der Waals surface area (Å²) in [4.78, 5) is 20.4. The number of aryl methyl sites for hydroxylation is 2. The first-order chi connectivity index (χ1) is 10.6. The number of morpholine rings is 1. The third-order valence-corrected chi connectivity index (χ3v) is 4.42. The lowest BCUT2D eigenvalue weighted by atomic mass is 10.2. The number of ether oxygens (including phenoxy) is 1. The Morgan fingerprint density at radius 1 is 1.27 bits per heavy atom. The number of nitrogens with zero attached hydrogens (tertiary/aromatic N) is 5. The average Bonchev–Trinajstić information content (AvgIpc) is 3.03. The molecular weight excluding hydrogens is 282 g/mol. The highest BCUT2D eigenvalue weighted by atomic mass is 16.5. The second-order valence-corrected chi connectivity index (χ2v) is 6.17. The summed E-state index contributed by atoms with van der Waals surface area (Å²) in [5.41, 5.74) is 0. The van der Waals surface area contributed by atoms with Gasteiger partial charge in [-0.15, -0.1) is 0 Å². The molecule has 0 saturated carbocycles. The predicted molar refractivity (Wildman–Crippen MR) is 81.5 cm³/mol. The second-order valence-electron chi connectivity index (χ2n) is 6.17. The van der Waals surface area contributed by atoms with Crippen molar-refractivity contribution in [3.63, 3.8) is 0 Å². The van der Waals surface area contributed by atoms with Gasteiger partial charge in [0.1, 0.15) is 11.6 Å². The van der Waals surface area contributed by atoms with Crippen molar-refractivity contribution in [3.05, 3.63) is 11.6 Å². The number of carbonyl (C=O) groups is 1. The van der Waals surface area contributed by atoms with Gasteiger partial charge in [-0.2, -0.15) is 5.10 Å². The number of hydrogen-bond donors (Lipinski definition) is 0. The highest BCUT2D eigenvalue weighted by Crippen LogP contribution is 2.12. The molecule has 0 aromatic carbocycles. The lowest BCUT2D eigenvalue weighted by Gasteiger charge is -2.33. The highest BCUT2D eigenvalue weighted by molar-refractivity contribution is 5.78. The van der Waals surface area contributed by atoms with E-state index < -0.39 is 0 Å². The number of likely N-dealkylation sites (tertiary alicyclic amines) is 1. The van der Waals surface area contributed by atoms with Crippen LogP contribution in [0.3, 0.4) is 0 Å². The van der Waals surface area contributed by atoms with Crippen LogP contribution < -0.4 is 0 Å². The maximum absolute atomic E-state index is 11.7. The molecule has 0 radical (unpaired) electrons. The number of hydrogen-bond acceptors (Lipinski definition) is 5. The van der Waals surface area contributed by atoms with Gasteiger partial charge in [0.15, 0.2) is 0 Å². The van der Waals surface area contributed by atoms with E-state index in [-0.39, 0.29) is 6.10 Å². The lowest BCUT2D eigenvalue weighted by molar-refractivity contribution is -0.128. The van der Waals surface area contributed by atoms with Crippen LogP contribution in [-0.4, -0.2) is 75.9 Å². The molecule has 0 bridgehead atoms. The van der Waals surface area contributed by atoms with Gasteiger partial charge in [0.2, 0.25) is 5.91 Å². The molecule has 7 nitrogen and oxygen atoms in total. The minimum atomic E-state index is 0.142. The molecule has 1 atom stereocenters. The zero-order valence-electron chi connectivity index (χ0n) is 13.5. The van der Waals surface area contributed by atoms with Crippen molar-refractivity contribution in [2.45, 2.75) is 39.3 Å². The molecule has 1 amide bonds. The van der Waals surface area contributed by atoms with E-state index in [9.17, 15) is 4.79 Å². The Morgan fingerprint density at radius 2 is 2.14 bits per heavy atom. The lowest BCUT2D eigenvalue weighted by Crippen LogP contribution is -2.47. The van der Waals surface area contributed by atoms with Gasteiger partial charge >= 0.3 is 0 Å². The summed E-state index contributed by atoms with van der Waals surface area (Å²) in [6.45, 7) is 9.88. The summed E-state index contributed by atoms with van der Waals surface area (Å²) < 4.78 is 7.78. The van der Waals surface area contributed by atoms with Gasteiger partial charge < -0.3 is 9.64 Å². The predicted octanol–water partition coefficient (Wildman–Crippen LogP) is 0.218. The van der Waals surface area contributed by atoms with Crippen LogP contribution in [0.15, 0.2) is 0 Å². The van der Waals surface area contributed by atoms with Crippen LogP contribution in [0.25, 0.3) is 0 Å². The first kappa shape index (κ1) is 15.4. The van der Waals surface area contributed by atoms with Crippen molar-refractivity contribution in [2.24, 2.45) is 0 Å². The van der Waals surface area contributed by atoms with Gasteiger partial charge in [-0.3, -0.25) is 9.69 Å². The minimum absolute atomic E-state index is 0.142. The third-order valence-electron chi connectivity index (χ3n) is 4.42. The molecule has 0 aliphatic carbocycles. The smallest absolute Gasteiger partial charge is 0.222 e. The molecule has 22 heavy (non-hydrogen) atoms. The molecule has 0 N–H and O–H groups in total. The highest BCUT2D eigenvalue weighted by Gasteiger charge is 2.24. The quantitative estimate of drug-likeness (QED) is 0.778. The maximum atomic E-state index is 11.7. The van der Waals surface area contributed by atoms with Crippen LogP contribution in [0.2, 0.25) is 0 Å². The van der Waals surface area contributed by atoms with E-state index in [2.05, 4.69) is 15.0 Å². The number of rotatable bonds is 5. The summed E-state index contributed by atoms with van der Waals surface area (Å²) in [5.74, 6) is 2.04. The van der Waals surface area contributed by atoms with Crippen LogP contribution in [0.4, 0.5) is 0 Å². The van der Waals surface area contributed by atoms with Crippen molar-refractivity contribution in [3.8, 4) is 0 Å². The van der Waals surface area contributed by atoms with Crippen LogP contribution in [0.1, 0.15) is 24.5 Å². The van der Waals surface area contributed by atoms with Crippen molar-refractivity contribution in [1.29, 1.82) is 0 Å². The zero-order valence-corrected chi connectivity index (χ0v) is 13.5. The fourth-order valence-corrected chi connectivity index (χ4v) is 3.22. The fraction of sp³-hybridized carbons (Fsp3) is 0.800. The Bertz CT molecular complexity index is 530. The molecule has 2 saturated heterocycles. The molecule has 1 aromatic heterocycles. The van der Waals surface area contributed by atoms with Crippen molar-refractivity contribution < 1.29 is 9.53 Å². The Balaban J connectivity index is 1.48. The molecule has 122 valence electrons. The number of aromatic nitrogens is 3. The average molecular weight is 307 g/mol. The van der Waals surface area contributed by atoms with Gasteiger partial charge in [0.05, 0.1) is 19.3 Å². The molecule has 1 unspecified atom stereocenters. The Kier molecular flexibility index (Phi) is 4.73. The number of amides is 1. The van der Waals surface area contributed by atoms with Gasteiger partial charge in [-0.05, 0) is 20.3 Å². The van der Waals surface area contributed by atoms with E-state index in [1.807, 2.05) is 23.4 Å². The number of carbonyl (C=O) groups excluding carboxylic acids is 1. The van der Waals surface area contributed by atoms with Crippen LogP contribution in [0.5, 0.6) is 0 Å². The van der Waals surface area contributed by atoms with Crippen molar-refractivity contribution in [2.75, 3.05) is 39.3 Å². The molecule has 2 fully saturated rings. The van der Waals surface area contributed by atoms with Gasteiger partial charge in [0, 0.05) is 39.1 Å². The molecule has 7 heteroatoms. The van der Waals surface area contributed by atoms with E-state index in [1.54, 1.807) is 0 Å². The van der Waals surface area contributed by atoms with Crippen molar-refractivity contribution in [1.82, 2.24) is 24.6 Å². The van der Waals surface area contributed by atoms with E-state index in [0.29, 0.717) is 5.91 Å². The summed E-state index contributed by atoms with van der Waals surface area (Å²) in [7, 11) is 0. The minimum Gasteiger partial charge on any atom is -0.374 e. The Morgan fingerprint density at radius 3 is 2.82 bits per heavy atom. The zero-order chi connectivity index (χ0) is 15.5. The second kappa shape index (κ2) is 6.75. The SMILES string of the molecule is Cc1nc(C)n(CC2CN(CCN3CCCC3=O)CCO2)n1. The standard InChI is InChI=1S/C15H25N5O2/c1-12-16-13(2)20(17-12)11-14-10-18(8-9-22-14)6-7-19-5-3-4-15(19)21/h14H,3-11H2,1-2H3. The molecule has 2 aliphatic heterocycles. The molecule has 2 aliphatic rings. The van der Waals surface area contributed by atoms with Gasteiger partial charge in [0.25, 0.3) is 0 Å². The van der Waals surface area contributed by atoms with Crippen molar-refractivity contribution >= 4 is 5.91 Å². The Labute approximate surface area is 131 Å². The van der Waals surface area contributed by atoms with Crippen LogP contribution in [-0.2, 0) is 16.1 Å². The first-order valence-electron chi connectivity index (χ1n) is 8.11. The molecule has 0 spiro atoms. The Hall–Kier alpha value is -1.47. The summed E-state index contributed by atoms with van der Waals surface area (Å²) in [5, 5.41) is 4.40. The van der Waals surface area contributed by atoms with Crippen LogP contribution >= 0.6 is 0 Å². The van der Waals surface area contributed by atoms with E-state index >= 15 is 0 Å². The summed E-state index contributed by atoms with van der Waals surface area (Å²) in [6, 6.07) is 0. The third kappa shape index (κ3) is 3.64. The van der Waals surface area contributed by atoms with E-state index in [0.717, 1.165) is 70.4 Å². The normalized spacial score (nSPS) is 23.5. The molecule has 1 aromatic rings. The molecule has 3 heterocycles. The fourth-order valence-electron chi connectivity index (χ4n) is 3.22. The van der Waals surface area contributed by atoms with E-state index in [1.165, 1.54) is 0 Å². The van der Waals surface area contributed by atoms with Gasteiger partial charge in [-0.1, -0.05) is 0 Å². The largest absolute Gasteiger partial charge is 0.374 e. The summed E-state index contributed by atoms with van der Waals surface area (Å²) >= 11 is 0. The van der Waals surface area contributed by atoms with Crippen LogP contribution in [0, 0.1) is 13.8 Å². The molecule has 3 rings (SSSR count). The topological polar surface area (TPSA) is 63.5 Å². The molecular formula is C15H25N5O2. The van der Waals surface area contributed by atoms with Gasteiger partial charge in [-0.25, -0.2) is 9.67 Å². The van der Waals surface area contributed by atoms with E-state index in [4.69, 9.17) is 4.74 Å². The first-order valence-corrected chi connectivity index (χ1v) is 8.11. The maximum Gasteiger partial charge on any atom is 0.222 e.